The van der Waals surface area contributed by atoms with Gasteiger partial charge in [-0.2, -0.15) is 0 Å². The summed E-state index contributed by atoms with van der Waals surface area (Å²) in [5.74, 6) is -0.0868. The monoisotopic (exact) mass is 312 g/mol. The van der Waals surface area contributed by atoms with Crippen molar-refractivity contribution in [1.29, 1.82) is 0 Å². The van der Waals surface area contributed by atoms with Crippen molar-refractivity contribution < 1.29 is 9.90 Å². The van der Waals surface area contributed by atoms with Crippen LogP contribution < -0.4 is 5.32 Å². The number of nitrogens with one attached hydrogen (secondary N) is 1. The lowest BCUT2D eigenvalue weighted by Crippen LogP contribution is -2.53. The number of rotatable bonds is 5. The number of hydrogen-bond acceptors (Lipinski definition) is 6. The summed E-state index contributed by atoms with van der Waals surface area (Å²) in [4.78, 5) is 20.1. The van der Waals surface area contributed by atoms with Crippen LogP contribution in [0.25, 0.3) is 0 Å². The second-order valence-electron chi connectivity index (χ2n) is 5.75. The van der Waals surface area contributed by atoms with Gasteiger partial charge in [-0.05, 0) is 13.8 Å². The zero-order chi connectivity index (χ0) is 15.4. The van der Waals surface area contributed by atoms with E-state index in [1.54, 1.807) is 0 Å². The van der Waals surface area contributed by atoms with Crippen molar-refractivity contribution in [3.8, 4) is 0 Å². The molecular formula is C14H24N4O2S. The van der Waals surface area contributed by atoms with Gasteiger partial charge in [0.1, 0.15) is 0 Å². The second kappa shape index (κ2) is 7.31. The van der Waals surface area contributed by atoms with Crippen molar-refractivity contribution in [2.75, 3.05) is 31.5 Å². The van der Waals surface area contributed by atoms with Crippen LogP contribution in [0.5, 0.6) is 0 Å². The summed E-state index contributed by atoms with van der Waals surface area (Å²) in [7, 11) is 0. The molecule has 0 unspecified atom stereocenters. The molecule has 2 N–H and O–H groups in total. The molecule has 1 aliphatic rings. The fourth-order valence-electron chi connectivity index (χ4n) is 2.64. The first kappa shape index (κ1) is 16.4. The average Bonchev–Trinajstić information content (AvgIpc) is 2.78. The molecule has 7 heteroatoms. The van der Waals surface area contributed by atoms with Crippen LogP contribution in [0.1, 0.15) is 26.5 Å². The summed E-state index contributed by atoms with van der Waals surface area (Å²) in [6.45, 7) is 9.97. The van der Waals surface area contributed by atoms with Crippen LogP contribution in [0.15, 0.2) is 5.38 Å². The Hall–Kier alpha value is -1.02. The molecule has 0 radical (unpaired) electrons. The van der Waals surface area contributed by atoms with Gasteiger partial charge in [0.2, 0.25) is 5.91 Å². The Bertz CT molecular complexity index is 477. The molecule has 1 fully saturated rings. The number of thiazole rings is 1. The molecule has 21 heavy (non-hydrogen) atoms. The lowest BCUT2D eigenvalue weighted by Gasteiger charge is -2.40. The molecule has 0 bridgehead atoms. The smallest absolute Gasteiger partial charge is 0.223 e. The minimum Gasteiger partial charge on any atom is -0.392 e. The summed E-state index contributed by atoms with van der Waals surface area (Å²) >= 11 is 1.46. The van der Waals surface area contributed by atoms with Crippen molar-refractivity contribution in [3.05, 3.63) is 11.1 Å². The third kappa shape index (κ3) is 5.03. The molecule has 0 aromatic carbocycles. The van der Waals surface area contributed by atoms with Gasteiger partial charge in [-0.3, -0.25) is 14.6 Å². The number of amides is 1. The third-order valence-electron chi connectivity index (χ3n) is 3.57. The molecule has 1 aliphatic heterocycles. The summed E-state index contributed by atoms with van der Waals surface area (Å²) in [6.07, 6.45) is -0.280. The molecule has 0 saturated carbocycles. The predicted octanol–water partition coefficient (Wildman–Crippen LogP) is 0.988. The molecule has 2 rings (SSSR count). The van der Waals surface area contributed by atoms with Gasteiger partial charge < -0.3 is 10.4 Å². The first-order valence-corrected chi connectivity index (χ1v) is 8.18. The zero-order valence-electron chi connectivity index (χ0n) is 12.9. The Morgan fingerprint density at radius 2 is 2.38 bits per heavy atom. The molecule has 2 atom stereocenters. The van der Waals surface area contributed by atoms with E-state index in [4.69, 9.17) is 0 Å². The van der Waals surface area contributed by atoms with Crippen molar-refractivity contribution in [2.45, 2.75) is 39.5 Å². The number of carbonyl (C=O) groups is 1. The number of nitrogens with zero attached hydrogens (tertiary/aromatic N) is 3. The van der Waals surface area contributed by atoms with Crippen LogP contribution >= 0.6 is 11.3 Å². The number of aromatic nitrogens is 1. The Balaban J connectivity index is 1.84. The van der Waals surface area contributed by atoms with E-state index in [9.17, 15) is 9.90 Å². The van der Waals surface area contributed by atoms with Crippen LogP contribution in [0.4, 0.5) is 5.13 Å². The van der Waals surface area contributed by atoms with Crippen LogP contribution in [0.2, 0.25) is 0 Å². The van der Waals surface area contributed by atoms with Gasteiger partial charge in [0.05, 0.1) is 11.8 Å². The Morgan fingerprint density at radius 1 is 1.62 bits per heavy atom. The second-order valence-corrected chi connectivity index (χ2v) is 6.61. The van der Waals surface area contributed by atoms with E-state index in [-0.39, 0.29) is 12.0 Å². The Labute approximate surface area is 129 Å². The molecule has 2 heterocycles. The highest BCUT2D eigenvalue weighted by molar-refractivity contribution is 7.13. The van der Waals surface area contributed by atoms with E-state index < -0.39 is 0 Å². The molecule has 0 aliphatic carbocycles. The molecule has 0 spiro atoms. The highest BCUT2D eigenvalue weighted by Crippen LogP contribution is 2.18. The van der Waals surface area contributed by atoms with Crippen molar-refractivity contribution >= 4 is 22.4 Å². The van der Waals surface area contributed by atoms with Crippen LogP contribution in [-0.4, -0.2) is 64.1 Å². The molecule has 6 nitrogen and oxygen atoms in total. The van der Waals surface area contributed by atoms with Crippen molar-refractivity contribution in [1.82, 2.24) is 14.8 Å². The first-order valence-electron chi connectivity index (χ1n) is 7.30. The number of aliphatic hydroxyl groups is 1. The van der Waals surface area contributed by atoms with E-state index in [1.165, 1.54) is 18.3 Å². The highest BCUT2D eigenvalue weighted by atomic mass is 32.1. The number of β-amino-alcohol motifs (C(OH)–C–C–N with tert-alkyl or cyclic N) is 1. The lowest BCUT2D eigenvalue weighted by molar-refractivity contribution is -0.114. The van der Waals surface area contributed by atoms with E-state index in [2.05, 4.69) is 27.0 Å². The number of aliphatic hydroxyl groups excluding tert-OH is 1. The number of carbonyl (C=O) groups excluding carboxylic acids is 1. The summed E-state index contributed by atoms with van der Waals surface area (Å²) in [6, 6.07) is 0.432. The third-order valence-corrected chi connectivity index (χ3v) is 4.37. The number of anilines is 1. The van der Waals surface area contributed by atoms with Crippen molar-refractivity contribution in [2.24, 2.45) is 0 Å². The molecule has 1 aromatic heterocycles. The molecule has 118 valence electrons. The fraction of sp³-hybridized carbons (Fsp3) is 0.714. The van der Waals surface area contributed by atoms with Crippen molar-refractivity contribution in [3.63, 3.8) is 0 Å². The largest absolute Gasteiger partial charge is 0.392 e. The number of piperazine rings is 1. The van der Waals surface area contributed by atoms with Gasteiger partial charge >= 0.3 is 0 Å². The van der Waals surface area contributed by atoms with Gasteiger partial charge in [-0.25, -0.2) is 4.98 Å². The van der Waals surface area contributed by atoms with Crippen LogP contribution in [0.3, 0.4) is 0 Å². The van der Waals surface area contributed by atoms with Gasteiger partial charge in [0.25, 0.3) is 0 Å². The van der Waals surface area contributed by atoms with Gasteiger partial charge in [-0.1, -0.05) is 0 Å². The maximum absolute atomic E-state index is 11.0. The minimum atomic E-state index is -0.280. The maximum Gasteiger partial charge on any atom is 0.223 e. The van der Waals surface area contributed by atoms with Gasteiger partial charge in [0.15, 0.2) is 5.13 Å². The average molecular weight is 312 g/mol. The fourth-order valence-corrected chi connectivity index (χ4v) is 3.39. The highest BCUT2D eigenvalue weighted by Gasteiger charge is 2.24. The molecule has 1 aromatic rings. The van der Waals surface area contributed by atoms with Crippen LogP contribution in [-0.2, 0) is 11.3 Å². The Kier molecular flexibility index (Phi) is 5.69. The quantitative estimate of drug-likeness (QED) is 0.848. The number of hydrogen-bond donors (Lipinski definition) is 2. The minimum absolute atomic E-state index is 0.0868. The van der Waals surface area contributed by atoms with E-state index in [0.29, 0.717) is 11.2 Å². The topological polar surface area (TPSA) is 68.7 Å². The summed E-state index contributed by atoms with van der Waals surface area (Å²) in [5.41, 5.74) is 1.000. The maximum atomic E-state index is 11.0. The summed E-state index contributed by atoms with van der Waals surface area (Å²) < 4.78 is 0. The first-order chi connectivity index (χ1) is 9.94. The zero-order valence-corrected chi connectivity index (χ0v) is 13.7. The molecular weight excluding hydrogens is 288 g/mol. The van der Waals surface area contributed by atoms with Gasteiger partial charge in [0, 0.05) is 51.1 Å². The lowest BCUT2D eigenvalue weighted by atomic mass is 10.1. The SMILES string of the molecule is CC(=O)Nc1nc(CN2CCN(C[C@H](C)O)[C@H](C)C2)cs1. The Morgan fingerprint density at radius 3 is 3.00 bits per heavy atom. The van der Waals surface area contributed by atoms with E-state index in [1.807, 2.05) is 12.3 Å². The van der Waals surface area contributed by atoms with Crippen LogP contribution in [0, 0.1) is 0 Å². The standard InChI is InChI=1S/C14H24N4O2S/c1-10-6-17(4-5-18(10)7-11(2)19)8-13-9-21-14(16-13)15-12(3)20/h9-11,19H,4-8H2,1-3H3,(H,15,16,20)/t10-,11+/m1/s1. The molecule has 1 amide bonds. The normalized spacial score (nSPS) is 22.2. The van der Waals surface area contributed by atoms with E-state index >= 15 is 0 Å². The van der Waals surface area contributed by atoms with Gasteiger partial charge in [-0.15, -0.1) is 11.3 Å². The van der Waals surface area contributed by atoms with E-state index in [0.717, 1.165) is 38.4 Å². The molecule has 1 saturated heterocycles. The summed E-state index contributed by atoms with van der Waals surface area (Å²) in [5, 5.41) is 14.9. The predicted molar refractivity (Wildman–Crippen MR) is 84.4 cm³/mol.